The molecule has 1 saturated carbocycles. The number of nitrogens with one attached hydrogen (secondary N) is 1. The van der Waals surface area contributed by atoms with Gasteiger partial charge in [-0.25, -0.2) is 8.78 Å². The number of hydrogen-bond donors (Lipinski definition) is 1. The number of thiophene rings is 2. The fourth-order valence-corrected chi connectivity index (χ4v) is 9.14. The van der Waals surface area contributed by atoms with Gasteiger partial charge in [0.1, 0.15) is 11.6 Å². The fourth-order valence-electron chi connectivity index (χ4n) is 7.11. The Balaban J connectivity index is 0.000000436. The van der Waals surface area contributed by atoms with Crippen LogP contribution in [0.1, 0.15) is 116 Å². The predicted molar refractivity (Wildman–Crippen MR) is 177 cm³/mol. The Morgan fingerprint density at radius 2 is 1.67 bits per heavy atom. The Labute approximate surface area is 281 Å². The lowest BCUT2D eigenvalue weighted by Gasteiger charge is -2.40. The van der Waals surface area contributed by atoms with Gasteiger partial charge >= 0.3 is 0 Å². The maximum atomic E-state index is 13.6. The van der Waals surface area contributed by atoms with Gasteiger partial charge in [-0.2, -0.15) is 0 Å². The van der Waals surface area contributed by atoms with Crippen molar-refractivity contribution in [2.75, 3.05) is 6.54 Å². The van der Waals surface area contributed by atoms with Crippen LogP contribution < -0.4 is 5.32 Å². The van der Waals surface area contributed by atoms with E-state index < -0.39 is 5.92 Å². The lowest BCUT2D eigenvalue weighted by molar-refractivity contribution is -0.130. The highest BCUT2D eigenvalue weighted by Crippen LogP contribution is 2.43. The summed E-state index contributed by atoms with van der Waals surface area (Å²) in [6.07, 6.45) is 6.22. The third-order valence-corrected chi connectivity index (χ3v) is 11.9. The Bertz CT molecular complexity index is 1440. The first-order valence-electron chi connectivity index (χ1n) is 15.7. The van der Waals surface area contributed by atoms with Gasteiger partial charge in [0.2, 0.25) is 11.8 Å². The molecule has 6 rings (SSSR count). The third-order valence-electron chi connectivity index (χ3n) is 9.36. The molecule has 2 bridgehead atoms. The Morgan fingerprint density at radius 1 is 1.02 bits per heavy atom. The summed E-state index contributed by atoms with van der Waals surface area (Å²) in [6.45, 7) is 7.30. The normalized spacial score (nSPS) is 23.9. The summed E-state index contributed by atoms with van der Waals surface area (Å²) in [5.41, 5.74) is 0. The van der Waals surface area contributed by atoms with Gasteiger partial charge in [-0.15, -0.1) is 32.9 Å². The van der Waals surface area contributed by atoms with Gasteiger partial charge in [0.25, 0.3) is 0 Å². The lowest BCUT2D eigenvalue weighted by Crippen LogP contribution is -2.45. The first-order valence-corrected chi connectivity index (χ1v) is 18.1. The quantitative estimate of drug-likeness (QED) is 0.226. The molecule has 2 saturated heterocycles. The van der Waals surface area contributed by atoms with E-state index in [2.05, 4.69) is 45.8 Å². The number of amides is 1. The Kier molecular flexibility index (Phi) is 11.4. The average molecular weight is 701 g/mol. The first kappa shape index (κ1) is 34.4. The number of hydrogen-bond acceptors (Lipinski definition) is 7. The second-order valence-electron chi connectivity index (χ2n) is 12.8. The molecule has 2 unspecified atom stereocenters. The van der Waals surface area contributed by atoms with Gasteiger partial charge in [0.15, 0.2) is 6.29 Å². The van der Waals surface area contributed by atoms with Crippen molar-refractivity contribution in [3.05, 3.63) is 54.3 Å². The van der Waals surface area contributed by atoms with Crippen LogP contribution in [-0.2, 0) is 4.79 Å². The molecule has 3 aromatic heterocycles. The van der Waals surface area contributed by atoms with Crippen molar-refractivity contribution in [1.29, 1.82) is 0 Å². The topological polar surface area (TPSA) is 80.1 Å². The number of aromatic nitrogens is 3. The summed E-state index contributed by atoms with van der Waals surface area (Å²) < 4.78 is 31.0. The molecule has 0 aromatic carbocycles. The summed E-state index contributed by atoms with van der Waals surface area (Å²) in [6, 6.07) is 8.54. The highest BCUT2D eigenvalue weighted by molar-refractivity contribution is 7.17. The first-order chi connectivity index (χ1) is 21.4. The maximum Gasteiger partial charge on any atom is 0.248 e. The highest BCUT2D eigenvalue weighted by atomic mass is 35.5. The van der Waals surface area contributed by atoms with Crippen LogP contribution in [0.5, 0.6) is 0 Å². The molecule has 13 heteroatoms. The Hall–Kier alpha value is -1.92. The van der Waals surface area contributed by atoms with Crippen molar-refractivity contribution < 1.29 is 18.4 Å². The smallest absolute Gasteiger partial charge is 0.248 e. The summed E-state index contributed by atoms with van der Waals surface area (Å²) in [5, 5.41) is 12.0. The standard InChI is InChI=1S/C27H38ClF2N5OS.C5H3ClOS/c1-16(2)25-33-32-17(3)35(25)21-14-19-4-5-20(15-21)34(19)13-10-22(23-6-7-24(28)37-23)31-26(36)18-8-11-27(29,30)12-9-18;6-5-2-1-4(3-7)8-5/h6-7,16,18-22H,4-5,8-15H2,1-3H3,(H,31,36);1-3H/t19?,20?,21?,22-;/m0./s1. The molecule has 0 spiro atoms. The molecule has 1 N–H and O–H groups in total. The van der Waals surface area contributed by atoms with Crippen LogP contribution in [0, 0.1) is 12.8 Å². The number of carbonyl (C=O) groups is 2. The molecule has 45 heavy (non-hydrogen) atoms. The zero-order chi connectivity index (χ0) is 32.3. The second-order valence-corrected chi connectivity index (χ2v) is 16.3. The van der Waals surface area contributed by atoms with E-state index in [1.54, 1.807) is 12.1 Å². The summed E-state index contributed by atoms with van der Waals surface area (Å²) >= 11 is 14.5. The van der Waals surface area contributed by atoms with Crippen molar-refractivity contribution >= 4 is 58.1 Å². The van der Waals surface area contributed by atoms with Gasteiger partial charge in [0.05, 0.1) is 19.6 Å². The highest BCUT2D eigenvalue weighted by Gasteiger charge is 2.43. The number of aryl methyl sites for hydroxylation is 1. The van der Waals surface area contributed by atoms with Crippen LogP contribution in [-0.4, -0.2) is 56.4 Å². The van der Waals surface area contributed by atoms with E-state index in [0.717, 1.165) is 48.6 Å². The van der Waals surface area contributed by atoms with Gasteiger partial charge in [-0.05, 0) is 76.1 Å². The maximum absolute atomic E-state index is 13.6. The van der Waals surface area contributed by atoms with Gasteiger partial charge in [-0.1, -0.05) is 37.0 Å². The predicted octanol–water partition coefficient (Wildman–Crippen LogP) is 8.88. The van der Waals surface area contributed by atoms with E-state index in [9.17, 15) is 18.4 Å². The molecule has 7 nitrogen and oxygen atoms in total. The van der Waals surface area contributed by atoms with Gasteiger partial charge < -0.3 is 9.88 Å². The van der Waals surface area contributed by atoms with Crippen LogP contribution in [0.3, 0.4) is 0 Å². The monoisotopic (exact) mass is 699 g/mol. The van der Waals surface area contributed by atoms with E-state index >= 15 is 0 Å². The van der Waals surface area contributed by atoms with Crippen molar-refractivity contribution in [2.45, 2.75) is 115 Å². The molecular formula is C32H41Cl2F2N5O2S2. The summed E-state index contributed by atoms with van der Waals surface area (Å²) in [4.78, 5) is 27.4. The molecule has 3 fully saturated rings. The zero-order valence-electron chi connectivity index (χ0n) is 25.9. The molecule has 0 radical (unpaired) electrons. The molecule has 2 aliphatic heterocycles. The van der Waals surface area contributed by atoms with Crippen LogP contribution in [0.4, 0.5) is 8.78 Å². The van der Waals surface area contributed by atoms with Crippen LogP contribution in [0.15, 0.2) is 24.3 Å². The van der Waals surface area contributed by atoms with E-state index in [4.69, 9.17) is 23.2 Å². The zero-order valence-corrected chi connectivity index (χ0v) is 29.0. The molecule has 3 aliphatic rings. The number of rotatable bonds is 9. The minimum absolute atomic E-state index is 0.101. The average Bonchev–Trinajstić information content (AvgIpc) is 3.77. The lowest BCUT2D eigenvalue weighted by atomic mass is 9.86. The molecule has 1 aliphatic carbocycles. The van der Waals surface area contributed by atoms with Crippen LogP contribution in [0.25, 0.3) is 0 Å². The van der Waals surface area contributed by atoms with E-state index in [0.29, 0.717) is 37.6 Å². The number of carbonyl (C=O) groups excluding carboxylic acids is 2. The van der Waals surface area contributed by atoms with Crippen molar-refractivity contribution in [3.63, 3.8) is 0 Å². The minimum Gasteiger partial charge on any atom is -0.348 e. The van der Waals surface area contributed by atoms with E-state index in [1.807, 2.05) is 12.1 Å². The summed E-state index contributed by atoms with van der Waals surface area (Å²) in [5.74, 6) is -0.658. The molecular weight excluding hydrogens is 659 g/mol. The van der Waals surface area contributed by atoms with E-state index in [-0.39, 0.29) is 43.6 Å². The number of piperidine rings is 1. The van der Waals surface area contributed by atoms with Crippen molar-refractivity contribution in [2.24, 2.45) is 5.92 Å². The minimum atomic E-state index is -2.63. The number of fused-ring (bicyclic) bond motifs is 2. The molecule has 3 atom stereocenters. The number of nitrogens with zero attached hydrogens (tertiary/aromatic N) is 4. The SMILES string of the molecule is Cc1nnc(C(C)C)n1C1CC2CCC(C1)N2CC[C@H](NC(=O)C1CCC(F)(F)CC1)c1ccc(Cl)s1.O=Cc1ccc(Cl)s1. The third kappa shape index (κ3) is 8.52. The van der Waals surface area contributed by atoms with Crippen molar-refractivity contribution in [1.82, 2.24) is 25.0 Å². The second kappa shape index (κ2) is 14.9. The Morgan fingerprint density at radius 3 is 2.20 bits per heavy atom. The summed E-state index contributed by atoms with van der Waals surface area (Å²) in [7, 11) is 0. The molecule has 1 amide bonds. The van der Waals surface area contributed by atoms with E-state index in [1.165, 1.54) is 35.5 Å². The fraction of sp³-hybridized carbons (Fsp3) is 0.625. The molecule has 246 valence electrons. The number of alkyl halides is 2. The van der Waals surface area contributed by atoms with Crippen LogP contribution >= 0.6 is 45.9 Å². The van der Waals surface area contributed by atoms with Gasteiger partial charge in [0, 0.05) is 54.2 Å². The van der Waals surface area contributed by atoms with Crippen LogP contribution in [0.2, 0.25) is 8.67 Å². The number of aldehydes is 1. The van der Waals surface area contributed by atoms with Crippen molar-refractivity contribution in [3.8, 4) is 0 Å². The molecule has 5 heterocycles. The van der Waals surface area contributed by atoms with Gasteiger partial charge in [-0.3, -0.25) is 14.5 Å². The molecule has 3 aromatic rings. The number of halogens is 4. The largest absolute Gasteiger partial charge is 0.348 e.